The van der Waals surface area contributed by atoms with E-state index in [-0.39, 0.29) is 37.3 Å². The third kappa shape index (κ3) is 7.60. The van der Waals surface area contributed by atoms with Gasteiger partial charge in [0, 0.05) is 19.3 Å². The van der Waals surface area contributed by atoms with E-state index in [2.05, 4.69) is 31.7 Å². The van der Waals surface area contributed by atoms with Crippen LogP contribution in [0, 0.1) is 0 Å². The Labute approximate surface area is 188 Å². The predicted octanol–water partition coefficient (Wildman–Crippen LogP) is 2.89. The summed E-state index contributed by atoms with van der Waals surface area (Å²) in [6.07, 6.45) is 0.462. The topological polar surface area (TPSA) is 109 Å². The maximum Gasteiger partial charge on any atom is 0.407 e. The highest BCUT2D eigenvalue weighted by molar-refractivity contribution is 9.18. The molecule has 31 heavy (non-hydrogen) atoms. The van der Waals surface area contributed by atoms with Gasteiger partial charge in [0.25, 0.3) is 0 Å². The molecule has 3 rings (SSSR count). The van der Waals surface area contributed by atoms with E-state index in [0.29, 0.717) is 17.5 Å². The van der Waals surface area contributed by atoms with E-state index < -0.39 is 12.1 Å². The van der Waals surface area contributed by atoms with Gasteiger partial charge in [-0.2, -0.15) is 0 Å². The van der Waals surface area contributed by atoms with Crippen LogP contribution in [0.25, 0.3) is 0 Å². The van der Waals surface area contributed by atoms with Crippen molar-refractivity contribution in [1.82, 2.24) is 10.6 Å². The second kappa shape index (κ2) is 11.4. The summed E-state index contributed by atoms with van der Waals surface area (Å²) in [7, 11) is 0. The Morgan fingerprint density at radius 1 is 1.16 bits per heavy atom. The first-order chi connectivity index (χ1) is 15.0. The summed E-state index contributed by atoms with van der Waals surface area (Å²) in [6, 6.07) is 15.3. The molecular formula is C22H24BrN3O5. The molecular weight excluding hydrogens is 466 g/mol. The molecule has 0 aromatic heterocycles. The molecule has 0 radical (unpaired) electrons. The molecule has 2 amide bonds. The second-order valence-corrected chi connectivity index (χ2v) is 8.00. The molecule has 3 N–H and O–H groups in total. The lowest BCUT2D eigenvalue weighted by Gasteiger charge is -2.19. The summed E-state index contributed by atoms with van der Waals surface area (Å²) in [6.45, 7) is 0.457. The summed E-state index contributed by atoms with van der Waals surface area (Å²) >= 11 is 3.26. The standard InChI is InChI=1S/C22H24BrN3O5/c23-20-13-18(31-26-20)14-24-21(28)19(12-16-6-8-17(27)9-7-16)25-22(29)30-11-10-15-4-2-1-3-5-15/h1-9,18-19,27H,10-14H2,(H,24,28)(H,25,29)/t18?,19-/m0/s1. The zero-order chi connectivity index (χ0) is 22.1. The minimum atomic E-state index is -0.848. The predicted molar refractivity (Wildman–Crippen MR) is 119 cm³/mol. The quantitative estimate of drug-likeness (QED) is 0.501. The molecule has 0 bridgehead atoms. The molecule has 1 aliphatic heterocycles. The average Bonchev–Trinajstić information content (AvgIpc) is 3.19. The third-order valence-electron chi connectivity index (χ3n) is 4.65. The zero-order valence-electron chi connectivity index (χ0n) is 16.8. The normalized spacial score (nSPS) is 16.0. The summed E-state index contributed by atoms with van der Waals surface area (Å²) < 4.78 is 5.94. The number of hydrogen-bond acceptors (Lipinski definition) is 6. The van der Waals surface area contributed by atoms with Gasteiger partial charge < -0.3 is 25.3 Å². The van der Waals surface area contributed by atoms with Gasteiger partial charge in [0.2, 0.25) is 5.91 Å². The van der Waals surface area contributed by atoms with Crippen molar-refractivity contribution in [2.75, 3.05) is 13.2 Å². The lowest BCUT2D eigenvalue weighted by molar-refractivity contribution is -0.123. The van der Waals surface area contributed by atoms with Gasteiger partial charge in [-0.15, -0.1) is 0 Å². The van der Waals surface area contributed by atoms with Crippen LogP contribution in [0.3, 0.4) is 0 Å². The van der Waals surface area contributed by atoms with Crippen molar-refractivity contribution in [3.63, 3.8) is 0 Å². The molecule has 2 aromatic carbocycles. The summed E-state index contributed by atoms with van der Waals surface area (Å²) in [5.41, 5.74) is 1.84. The zero-order valence-corrected chi connectivity index (χ0v) is 18.4. The number of nitrogens with zero attached hydrogens (tertiary/aromatic N) is 1. The Bertz CT molecular complexity index is 905. The highest BCUT2D eigenvalue weighted by Gasteiger charge is 2.25. The number of phenolic OH excluding ortho intramolecular Hbond substituents is 1. The third-order valence-corrected chi connectivity index (χ3v) is 5.12. The van der Waals surface area contributed by atoms with Gasteiger partial charge in [-0.1, -0.05) is 47.6 Å². The lowest BCUT2D eigenvalue weighted by Crippen LogP contribution is -2.49. The SMILES string of the molecule is O=C(N[C@@H](Cc1ccc(O)cc1)C(=O)NCC1CC(Br)=NO1)OCCc1ccccc1. The van der Waals surface area contributed by atoms with Crippen molar-refractivity contribution in [2.24, 2.45) is 5.16 Å². The molecule has 1 unspecified atom stereocenters. The summed E-state index contributed by atoms with van der Waals surface area (Å²) in [5.74, 6) is -0.235. The number of ether oxygens (including phenoxy) is 1. The minimum absolute atomic E-state index is 0.127. The molecule has 1 heterocycles. The van der Waals surface area contributed by atoms with Gasteiger partial charge in [-0.05, 0) is 39.2 Å². The molecule has 2 atom stereocenters. The molecule has 0 saturated heterocycles. The van der Waals surface area contributed by atoms with E-state index in [1.165, 1.54) is 12.1 Å². The summed E-state index contributed by atoms with van der Waals surface area (Å²) in [4.78, 5) is 30.2. The summed E-state index contributed by atoms with van der Waals surface area (Å²) in [5, 5.41) is 18.7. The van der Waals surface area contributed by atoms with Crippen LogP contribution in [-0.4, -0.2) is 47.0 Å². The first kappa shape index (κ1) is 22.6. The van der Waals surface area contributed by atoms with Crippen molar-refractivity contribution < 1.29 is 24.3 Å². The largest absolute Gasteiger partial charge is 0.508 e. The van der Waals surface area contributed by atoms with Crippen LogP contribution < -0.4 is 10.6 Å². The van der Waals surface area contributed by atoms with Crippen molar-refractivity contribution in [1.29, 1.82) is 0 Å². The maximum absolute atomic E-state index is 12.7. The van der Waals surface area contributed by atoms with Crippen LogP contribution >= 0.6 is 15.9 Å². The Morgan fingerprint density at radius 3 is 2.58 bits per heavy atom. The van der Waals surface area contributed by atoms with Gasteiger partial charge in [-0.3, -0.25) is 4.79 Å². The van der Waals surface area contributed by atoms with Crippen LogP contribution in [-0.2, 0) is 27.2 Å². The molecule has 9 heteroatoms. The van der Waals surface area contributed by atoms with Crippen molar-refractivity contribution in [3.8, 4) is 5.75 Å². The fraction of sp³-hybridized carbons (Fsp3) is 0.318. The van der Waals surface area contributed by atoms with Crippen LogP contribution in [0.1, 0.15) is 17.5 Å². The Hall–Kier alpha value is -3.07. The van der Waals surface area contributed by atoms with Crippen molar-refractivity contribution in [3.05, 3.63) is 65.7 Å². The van der Waals surface area contributed by atoms with E-state index in [1.807, 2.05) is 30.3 Å². The first-order valence-electron chi connectivity index (χ1n) is 9.90. The first-order valence-corrected chi connectivity index (χ1v) is 10.7. The molecule has 0 saturated carbocycles. The molecule has 0 fully saturated rings. The lowest BCUT2D eigenvalue weighted by atomic mass is 10.0. The monoisotopic (exact) mass is 489 g/mol. The van der Waals surface area contributed by atoms with Crippen LogP contribution in [0.2, 0.25) is 0 Å². The molecule has 2 aromatic rings. The van der Waals surface area contributed by atoms with Gasteiger partial charge in [0.1, 0.15) is 16.4 Å². The molecule has 8 nitrogen and oxygen atoms in total. The highest BCUT2D eigenvalue weighted by Crippen LogP contribution is 2.14. The Balaban J connectivity index is 1.54. The number of oxime groups is 1. The minimum Gasteiger partial charge on any atom is -0.508 e. The van der Waals surface area contributed by atoms with Gasteiger partial charge in [0.15, 0.2) is 6.10 Å². The van der Waals surface area contributed by atoms with Crippen LogP contribution in [0.4, 0.5) is 4.79 Å². The van der Waals surface area contributed by atoms with E-state index >= 15 is 0 Å². The number of phenols is 1. The van der Waals surface area contributed by atoms with Crippen molar-refractivity contribution in [2.45, 2.75) is 31.4 Å². The number of rotatable bonds is 9. The Morgan fingerprint density at radius 2 is 1.90 bits per heavy atom. The van der Waals surface area contributed by atoms with E-state index in [1.54, 1.807) is 12.1 Å². The molecule has 1 aliphatic rings. The smallest absolute Gasteiger partial charge is 0.407 e. The van der Waals surface area contributed by atoms with E-state index in [0.717, 1.165) is 11.1 Å². The Kier molecular flexibility index (Phi) is 8.28. The maximum atomic E-state index is 12.7. The number of benzene rings is 2. The number of aromatic hydroxyl groups is 1. The number of alkyl carbamates (subject to hydrolysis) is 1. The van der Waals surface area contributed by atoms with Gasteiger partial charge >= 0.3 is 6.09 Å². The number of hydrogen-bond donors (Lipinski definition) is 3. The highest BCUT2D eigenvalue weighted by atomic mass is 79.9. The van der Waals surface area contributed by atoms with Crippen LogP contribution in [0.15, 0.2) is 59.8 Å². The van der Waals surface area contributed by atoms with E-state index in [9.17, 15) is 14.7 Å². The number of carbonyl (C=O) groups excluding carboxylic acids is 2. The van der Waals surface area contributed by atoms with Gasteiger partial charge in [-0.25, -0.2) is 4.79 Å². The molecule has 0 aliphatic carbocycles. The van der Waals surface area contributed by atoms with Gasteiger partial charge in [0.05, 0.1) is 13.2 Å². The fourth-order valence-electron chi connectivity index (χ4n) is 3.01. The van der Waals surface area contributed by atoms with Crippen LogP contribution in [0.5, 0.6) is 5.75 Å². The molecule has 164 valence electrons. The average molecular weight is 490 g/mol. The second-order valence-electron chi connectivity index (χ2n) is 7.08. The number of halogens is 1. The number of nitrogens with one attached hydrogen (secondary N) is 2. The number of carbonyl (C=O) groups is 2. The van der Waals surface area contributed by atoms with E-state index in [4.69, 9.17) is 9.57 Å². The fourth-order valence-corrected chi connectivity index (χ4v) is 3.45. The number of amides is 2. The molecule has 0 spiro atoms. The van der Waals surface area contributed by atoms with Crippen molar-refractivity contribution >= 4 is 32.6 Å².